The van der Waals surface area contributed by atoms with Crippen LogP contribution in [0.4, 0.5) is 4.79 Å². The number of carbonyl (C=O) groups is 3. The van der Waals surface area contributed by atoms with Crippen LogP contribution in [0.5, 0.6) is 0 Å². The summed E-state index contributed by atoms with van der Waals surface area (Å²) in [5.41, 5.74) is -1.32. The predicted octanol–water partition coefficient (Wildman–Crippen LogP) is 0.113. The fourth-order valence-corrected chi connectivity index (χ4v) is 1.75. The van der Waals surface area contributed by atoms with Gasteiger partial charge in [0, 0.05) is 20.1 Å². The maximum absolute atomic E-state index is 11.8. The van der Waals surface area contributed by atoms with E-state index < -0.39 is 17.5 Å². The number of amides is 3. The zero-order valence-electron chi connectivity index (χ0n) is 11.6. The van der Waals surface area contributed by atoms with Crippen LogP contribution in [-0.4, -0.2) is 65.0 Å². The minimum Gasteiger partial charge on any atom is -0.480 e. The largest absolute Gasteiger partial charge is 0.480 e. The number of carboxylic acids is 1. The Morgan fingerprint density at radius 3 is 2.26 bits per heavy atom. The Morgan fingerprint density at radius 2 is 1.79 bits per heavy atom. The molecule has 0 saturated carbocycles. The highest BCUT2D eigenvalue weighted by Crippen LogP contribution is 2.12. The third-order valence-electron chi connectivity index (χ3n) is 3.52. The van der Waals surface area contributed by atoms with Crippen molar-refractivity contribution < 1.29 is 19.5 Å². The zero-order valence-corrected chi connectivity index (χ0v) is 11.6. The first kappa shape index (κ1) is 15.3. The van der Waals surface area contributed by atoms with Gasteiger partial charge in [-0.05, 0) is 26.7 Å². The van der Waals surface area contributed by atoms with Gasteiger partial charge in [-0.1, -0.05) is 0 Å². The second-order valence-electron chi connectivity index (χ2n) is 5.17. The third kappa shape index (κ3) is 3.59. The van der Waals surface area contributed by atoms with E-state index in [0.29, 0.717) is 0 Å². The second-order valence-corrected chi connectivity index (χ2v) is 5.17. The van der Waals surface area contributed by atoms with E-state index in [1.54, 1.807) is 4.90 Å². The molecule has 3 amide bonds. The van der Waals surface area contributed by atoms with Crippen LogP contribution < -0.4 is 5.32 Å². The molecule has 2 N–H and O–H groups in total. The molecule has 0 aliphatic carbocycles. The highest BCUT2D eigenvalue weighted by Gasteiger charge is 2.35. The Morgan fingerprint density at radius 1 is 1.26 bits per heavy atom. The lowest BCUT2D eigenvalue weighted by molar-refractivity contribution is -0.146. The summed E-state index contributed by atoms with van der Waals surface area (Å²) in [4.78, 5) is 37.3. The Balaban J connectivity index is 2.46. The van der Waals surface area contributed by atoms with E-state index in [0.717, 1.165) is 30.8 Å². The van der Waals surface area contributed by atoms with Gasteiger partial charge >= 0.3 is 12.0 Å². The number of aliphatic carboxylic acids is 1. The summed E-state index contributed by atoms with van der Waals surface area (Å²) in [5.74, 6) is -1.23. The number of carbonyl (C=O) groups excluding carboxylic acids is 2. The maximum atomic E-state index is 11.8. The van der Waals surface area contributed by atoms with Gasteiger partial charge in [-0.15, -0.1) is 0 Å². The quantitative estimate of drug-likeness (QED) is 0.759. The number of urea groups is 1. The van der Waals surface area contributed by atoms with Crippen molar-refractivity contribution in [2.75, 3.05) is 26.7 Å². The van der Waals surface area contributed by atoms with Crippen molar-refractivity contribution in [3.63, 3.8) is 0 Å². The van der Waals surface area contributed by atoms with Crippen LogP contribution in [0.1, 0.15) is 26.7 Å². The average molecular weight is 271 g/mol. The normalized spacial score (nSPS) is 15.2. The number of hydrogen-bond acceptors (Lipinski definition) is 3. The standard InChI is InChI=1S/C12H21N3O4/c1-12(2,10(17)18)14(3)11(19)13-8-9(16)15-6-4-5-7-15/h4-8H2,1-3H3,(H,13,19)(H,17,18). The zero-order chi connectivity index (χ0) is 14.6. The molecule has 0 atom stereocenters. The Bertz CT molecular complexity index is 375. The molecule has 7 heteroatoms. The molecule has 0 unspecified atom stereocenters. The van der Waals surface area contributed by atoms with Gasteiger partial charge in [-0.25, -0.2) is 9.59 Å². The van der Waals surface area contributed by atoms with E-state index in [1.807, 2.05) is 0 Å². The number of carboxylic acid groups (broad SMARTS) is 1. The molecule has 1 aliphatic rings. The number of nitrogens with one attached hydrogen (secondary N) is 1. The van der Waals surface area contributed by atoms with Crippen LogP contribution in [0.15, 0.2) is 0 Å². The second kappa shape index (κ2) is 5.90. The van der Waals surface area contributed by atoms with Crippen LogP contribution in [0.2, 0.25) is 0 Å². The lowest BCUT2D eigenvalue weighted by Gasteiger charge is -2.31. The maximum Gasteiger partial charge on any atom is 0.329 e. The predicted molar refractivity (Wildman–Crippen MR) is 68.7 cm³/mol. The number of rotatable bonds is 4. The van der Waals surface area contributed by atoms with Gasteiger partial charge in [0.15, 0.2) is 0 Å². The molecule has 108 valence electrons. The van der Waals surface area contributed by atoms with Gasteiger partial charge < -0.3 is 20.2 Å². The Labute approximate surface area is 112 Å². The van der Waals surface area contributed by atoms with Gasteiger partial charge in [0.05, 0.1) is 6.54 Å². The summed E-state index contributed by atoms with van der Waals surface area (Å²) < 4.78 is 0. The molecule has 7 nitrogen and oxygen atoms in total. The minimum atomic E-state index is -1.32. The van der Waals surface area contributed by atoms with Crippen LogP contribution in [-0.2, 0) is 9.59 Å². The van der Waals surface area contributed by atoms with Gasteiger partial charge in [0.1, 0.15) is 5.54 Å². The van der Waals surface area contributed by atoms with Gasteiger partial charge in [-0.3, -0.25) is 4.79 Å². The highest BCUT2D eigenvalue weighted by molar-refractivity contribution is 5.88. The molecular formula is C12H21N3O4. The van der Waals surface area contributed by atoms with Crippen molar-refractivity contribution in [2.45, 2.75) is 32.2 Å². The average Bonchev–Trinajstić information content (AvgIpc) is 2.88. The van der Waals surface area contributed by atoms with E-state index >= 15 is 0 Å². The molecular weight excluding hydrogens is 250 g/mol. The number of likely N-dealkylation sites (tertiary alicyclic amines) is 1. The monoisotopic (exact) mass is 271 g/mol. The Kier molecular flexibility index (Phi) is 4.74. The van der Waals surface area contributed by atoms with Crippen molar-refractivity contribution in [3.8, 4) is 0 Å². The number of hydrogen-bond donors (Lipinski definition) is 2. The molecule has 1 fully saturated rings. The summed E-state index contributed by atoms with van der Waals surface area (Å²) in [7, 11) is 1.39. The summed E-state index contributed by atoms with van der Waals surface area (Å²) >= 11 is 0. The van der Waals surface area contributed by atoms with Gasteiger partial charge in [-0.2, -0.15) is 0 Å². The van der Waals surface area contributed by atoms with Crippen molar-refractivity contribution >= 4 is 17.9 Å². The smallest absolute Gasteiger partial charge is 0.329 e. The SMILES string of the molecule is CN(C(=O)NCC(=O)N1CCCC1)C(C)(C)C(=O)O. The third-order valence-corrected chi connectivity index (χ3v) is 3.52. The summed E-state index contributed by atoms with van der Waals surface area (Å²) in [5, 5.41) is 11.5. The molecule has 1 heterocycles. The van der Waals surface area contributed by atoms with E-state index in [-0.39, 0.29) is 12.5 Å². The van der Waals surface area contributed by atoms with Crippen molar-refractivity contribution in [1.82, 2.24) is 15.1 Å². The van der Waals surface area contributed by atoms with E-state index in [1.165, 1.54) is 20.9 Å². The van der Waals surface area contributed by atoms with E-state index in [9.17, 15) is 14.4 Å². The van der Waals surface area contributed by atoms with E-state index in [4.69, 9.17) is 5.11 Å². The number of likely N-dealkylation sites (N-methyl/N-ethyl adjacent to an activating group) is 1. The van der Waals surface area contributed by atoms with Crippen molar-refractivity contribution in [1.29, 1.82) is 0 Å². The first-order valence-electron chi connectivity index (χ1n) is 6.29. The molecule has 0 radical (unpaired) electrons. The molecule has 1 rings (SSSR count). The fraction of sp³-hybridized carbons (Fsp3) is 0.750. The van der Waals surface area contributed by atoms with Crippen LogP contribution in [0, 0.1) is 0 Å². The van der Waals surface area contributed by atoms with Gasteiger partial charge in [0.2, 0.25) is 5.91 Å². The van der Waals surface area contributed by atoms with Crippen molar-refractivity contribution in [3.05, 3.63) is 0 Å². The summed E-state index contributed by atoms with van der Waals surface area (Å²) in [6.07, 6.45) is 1.98. The lowest BCUT2D eigenvalue weighted by atomic mass is 10.1. The van der Waals surface area contributed by atoms with E-state index in [2.05, 4.69) is 5.32 Å². The topological polar surface area (TPSA) is 90.0 Å². The molecule has 0 aromatic carbocycles. The highest BCUT2D eigenvalue weighted by atomic mass is 16.4. The van der Waals surface area contributed by atoms with Gasteiger partial charge in [0.25, 0.3) is 0 Å². The summed E-state index contributed by atoms with van der Waals surface area (Å²) in [6.45, 7) is 4.21. The van der Waals surface area contributed by atoms with Crippen LogP contribution in [0.3, 0.4) is 0 Å². The minimum absolute atomic E-state index is 0.0983. The molecule has 0 spiro atoms. The molecule has 1 aliphatic heterocycles. The first-order valence-corrected chi connectivity index (χ1v) is 6.29. The number of nitrogens with zero attached hydrogens (tertiary/aromatic N) is 2. The molecule has 0 aromatic rings. The first-order chi connectivity index (χ1) is 8.76. The fourth-order valence-electron chi connectivity index (χ4n) is 1.75. The molecule has 19 heavy (non-hydrogen) atoms. The van der Waals surface area contributed by atoms with Crippen molar-refractivity contribution in [2.24, 2.45) is 0 Å². The van der Waals surface area contributed by atoms with Crippen LogP contribution in [0.25, 0.3) is 0 Å². The molecule has 1 saturated heterocycles. The lowest BCUT2D eigenvalue weighted by Crippen LogP contribution is -2.55. The van der Waals surface area contributed by atoms with Crippen LogP contribution >= 0.6 is 0 Å². The summed E-state index contributed by atoms with van der Waals surface area (Å²) in [6, 6.07) is -0.569. The molecule has 0 aromatic heterocycles. The Hall–Kier alpha value is -1.79. The molecule has 0 bridgehead atoms.